The summed E-state index contributed by atoms with van der Waals surface area (Å²) in [7, 11) is 0. The van der Waals surface area contributed by atoms with E-state index in [0.29, 0.717) is 5.92 Å². The van der Waals surface area contributed by atoms with Crippen molar-refractivity contribution in [2.45, 2.75) is 33.1 Å². The predicted octanol–water partition coefficient (Wildman–Crippen LogP) is 4.92. The van der Waals surface area contributed by atoms with Gasteiger partial charge >= 0.3 is 0 Å². The van der Waals surface area contributed by atoms with Gasteiger partial charge in [-0.15, -0.1) is 0 Å². The van der Waals surface area contributed by atoms with Gasteiger partial charge in [-0.25, -0.2) is 4.98 Å². The van der Waals surface area contributed by atoms with Crippen molar-refractivity contribution in [2.75, 3.05) is 0 Å². The fraction of sp³-hybridized carbons (Fsp3) is 0.333. The number of aryl methyl sites for hydroxylation is 1. The summed E-state index contributed by atoms with van der Waals surface area (Å²) >= 11 is 8.89. The highest BCUT2D eigenvalue weighted by molar-refractivity contribution is 9.10. The molecule has 0 aliphatic carbocycles. The number of hydrogen-bond acceptors (Lipinski definition) is 2. The van der Waals surface area contributed by atoms with Crippen LogP contribution in [-0.2, 0) is 6.42 Å². The summed E-state index contributed by atoms with van der Waals surface area (Å²) in [6.45, 7) is 6.35. The number of aromatic amines is 1. The molecule has 0 bridgehead atoms. The van der Waals surface area contributed by atoms with Crippen molar-refractivity contribution in [3.63, 3.8) is 0 Å². The molecular weight excluding hydrogens is 320 g/mol. The minimum absolute atomic E-state index is 0.399. The molecule has 0 fully saturated rings. The van der Waals surface area contributed by atoms with Gasteiger partial charge in [0.25, 0.3) is 0 Å². The smallest absolute Gasteiger partial charge is 0.133 e. The average molecular weight is 337 g/mol. The molecule has 1 heterocycles. The topological polar surface area (TPSA) is 28.7 Å². The molecule has 1 aromatic carbocycles. The summed E-state index contributed by atoms with van der Waals surface area (Å²) < 4.78 is 1.80. The van der Waals surface area contributed by atoms with Gasteiger partial charge in [0, 0.05) is 22.2 Å². The second-order valence-electron chi connectivity index (χ2n) is 4.99. The molecular formula is C15H17BrN2S. The quantitative estimate of drug-likeness (QED) is 0.805. The average Bonchev–Trinajstić information content (AvgIpc) is 2.27. The van der Waals surface area contributed by atoms with Crippen molar-refractivity contribution < 1.29 is 0 Å². The number of nitrogens with zero attached hydrogens (tertiary/aromatic N) is 1. The Balaban J connectivity index is 2.35. The van der Waals surface area contributed by atoms with Crippen molar-refractivity contribution >= 4 is 28.1 Å². The van der Waals surface area contributed by atoms with E-state index >= 15 is 0 Å². The molecule has 1 aromatic heterocycles. The van der Waals surface area contributed by atoms with Gasteiger partial charge < -0.3 is 4.98 Å². The van der Waals surface area contributed by atoms with Crippen LogP contribution in [0.3, 0.4) is 0 Å². The summed E-state index contributed by atoms with van der Waals surface area (Å²) in [5, 5.41) is 0. The van der Waals surface area contributed by atoms with E-state index in [1.165, 1.54) is 5.56 Å². The minimum atomic E-state index is 0.399. The van der Waals surface area contributed by atoms with E-state index in [9.17, 15) is 0 Å². The molecule has 0 saturated carbocycles. The molecule has 2 aromatic rings. The molecule has 0 aliphatic rings. The van der Waals surface area contributed by atoms with Crippen molar-refractivity contribution in [1.82, 2.24) is 9.97 Å². The molecule has 0 unspecified atom stereocenters. The van der Waals surface area contributed by atoms with E-state index in [1.807, 2.05) is 12.1 Å². The van der Waals surface area contributed by atoms with Gasteiger partial charge in [0.2, 0.25) is 0 Å². The summed E-state index contributed by atoms with van der Waals surface area (Å²) in [4.78, 5) is 7.90. The Morgan fingerprint density at radius 2 is 2.11 bits per heavy atom. The Hall–Kier alpha value is -1.00. The number of rotatable bonds is 3. The van der Waals surface area contributed by atoms with Gasteiger partial charge in [0.05, 0.1) is 0 Å². The van der Waals surface area contributed by atoms with Crippen LogP contribution < -0.4 is 0 Å². The molecule has 0 aliphatic heterocycles. The lowest BCUT2D eigenvalue weighted by molar-refractivity contribution is 0.803. The van der Waals surface area contributed by atoms with E-state index in [1.54, 1.807) is 0 Å². The molecule has 0 spiro atoms. The number of aromatic nitrogens is 2. The first-order valence-corrected chi connectivity index (χ1v) is 7.51. The number of halogens is 1. The van der Waals surface area contributed by atoms with Gasteiger partial charge in [-0.2, -0.15) is 0 Å². The van der Waals surface area contributed by atoms with Gasteiger partial charge in [0.15, 0.2) is 0 Å². The normalized spacial score (nSPS) is 11.0. The monoisotopic (exact) mass is 336 g/mol. The lowest BCUT2D eigenvalue weighted by Crippen LogP contribution is -2.05. The summed E-state index contributed by atoms with van der Waals surface area (Å²) in [6, 6.07) is 8.24. The molecule has 2 rings (SSSR count). The highest BCUT2D eigenvalue weighted by Crippen LogP contribution is 2.19. The highest BCUT2D eigenvalue weighted by Gasteiger charge is 2.09. The van der Waals surface area contributed by atoms with E-state index in [4.69, 9.17) is 12.2 Å². The maximum absolute atomic E-state index is 5.40. The van der Waals surface area contributed by atoms with Crippen LogP contribution in [0, 0.1) is 11.6 Å². The second kappa shape index (κ2) is 5.97. The third-order valence-electron chi connectivity index (χ3n) is 3.04. The van der Waals surface area contributed by atoms with Crippen LogP contribution in [0.25, 0.3) is 0 Å². The molecule has 1 N–H and O–H groups in total. The zero-order valence-electron chi connectivity index (χ0n) is 11.3. The van der Waals surface area contributed by atoms with Crippen LogP contribution in [0.4, 0.5) is 0 Å². The first kappa shape index (κ1) is 14.4. The van der Waals surface area contributed by atoms with Gasteiger partial charge in [0.1, 0.15) is 10.5 Å². The number of benzene rings is 1. The summed E-state index contributed by atoms with van der Waals surface area (Å²) in [5.41, 5.74) is 3.48. The van der Waals surface area contributed by atoms with Crippen LogP contribution in [-0.4, -0.2) is 9.97 Å². The molecule has 4 heteroatoms. The highest BCUT2D eigenvalue weighted by atomic mass is 79.9. The standard InChI is InChI=1S/C15H17BrN2S/c1-9(2)14-10(3)17-13(18-15(14)19)8-11-5-4-6-12(16)7-11/h4-7,9H,8H2,1-3H3,(H,17,18,19). The fourth-order valence-electron chi connectivity index (χ4n) is 2.26. The number of H-pyrrole nitrogens is 1. The molecule has 0 atom stereocenters. The van der Waals surface area contributed by atoms with Crippen LogP contribution in [0.15, 0.2) is 28.7 Å². The molecule has 19 heavy (non-hydrogen) atoms. The molecule has 0 radical (unpaired) electrons. The zero-order chi connectivity index (χ0) is 14.0. The van der Waals surface area contributed by atoms with Gasteiger partial charge in [-0.05, 0) is 30.5 Å². The Kier molecular flexibility index (Phi) is 4.53. The van der Waals surface area contributed by atoms with E-state index in [0.717, 1.165) is 32.6 Å². The minimum Gasteiger partial charge on any atom is -0.347 e. The third kappa shape index (κ3) is 3.51. The first-order valence-electron chi connectivity index (χ1n) is 6.31. The molecule has 100 valence electrons. The Morgan fingerprint density at radius 3 is 2.68 bits per heavy atom. The van der Waals surface area contributed by atoms with E-state index in [2.05, 4.69) is 58.8 Å². The Labute approximate surface area is 127 Å². The molecule has 0 amide bonds. The first-order chi connectivity index (χ1) is 8.97. The van der Waals surface area contributed by atoms with Crippen LogP contribution >= 0.6 is 28.1 Å². The predicted molar refractivity (Wildman–Crippen MR) is 85.2 cm³/mol. The fourth-order valence-corrected chi connectivity index (χ4v) is 3.20. The Morgan fingerprint density at radius 1 is 1.37 bits per heavy atom. The Bertz CT molecular complexity index is 647. The number of nitrogens with one attached hydrogen (secondary N) is 1. The third-order valence-corrected chi connectivity index (χ3v) is 3.85. The SMILES string of the molecule is Cc1[nH]c(Cc2cccc(Br)c2)nc(=S)c1C(C)C. The van der Waals surface area contributed by atoms with Crippen LogP contribution in [0.1, 0.15) is 42.4 Å². The van der Waals surface area contributed by atoms with Gasteiger partial charge in [-0.3, -0.25) is 0 Å². The maximum Gasteiger partial charge on any atom is 0.133 e. The summed E-state index contributed by atoms with van der Waals surface area (Å²) in [5.74, 6) is 1.32. The molecule has 0 saturated heterocycles. The van der Waals surface area contributed by atoms with E-state index < -0.39 is 0 Å². The van der Waals surface area contributed by atoms with Crippen molar-refractivity contribution in [1.29, 1.82) is 0 Å². The van der Waals surface area contributed by atoms with Crippen molar-refractivity contribution in [3.8, 4) is 0 Å². The van der Waals surface area contributed by atoms with Crippen molar-refractivity contribution in [2.24, 2.45) is 0 Å². The lowest BCUT2D eigenvalue weighted by atomic mass is 10.0. The number of hydrogen-bond donors (Lipinski definition) is 1. The second-order valence-corrected chi connectivity index (χ2v) is 6.29. The zero-order valence-corrected chi connectivity index (χ0v) is 13.7. The van der Waals surface area contributed by atoms with Crippen molar-refractivity contribution in [3.05, 3.63) is 56.0 Å². The van der Waals surface area contributed by atoms with Gasteiger partial charge in [-0.1, -0.05) is 54.1 Å². The summed E-state index contributed by atoms with van der Waals surface area (Å²) in [6.07, 6.45) is 0.766. The van der Waals surface area contributed by atoms with Crippen LogP contribution in [0.5, 0.6) is 0 Å². The van der Waals surface area contributed by atoms with Crippen LogP contribution in [0.2, 0.25) is 0 Å². The lowest BCUT2D eigenvalue weighted by Gasteiger charge is -2.11. The molecule has 2 nitrogen and oxygen atoms in total. The largest absolute Gasteiger partial charge is 0.347 e. The van der Waals surface area contributed by atoms with E-state index in [-0.39, 0.29) is 0 Å². The maximum atomic E-state index is 5.40.